The lowest BCUT2D eigenvalue weighted by molar-refractivity contribution is -0.0863. The van der Waals surface area contributed by atoms with Crippen LogP contribution in [0.3, 0.4) is 0 Å². The third-order valence-electron chi connectivity index (χ3n) is 5.95. The largest absolute Gasteiger partial charge is 0.374 e. The van der Waals surface area contributed by atoms with Crippen LogP contribution in [0.4, 0.5) is 0 Å². The highest BCUT2D eigenvalue weighted by Gasteiger charge is 2.42. The zero-order valence-electron chi connectivity index (χ0n) is 13.7. The first kappa shape index (κ1) is 16.1. The van der Waals surface area contributed by atoms with Gasteiger partial charge in [0.05, 0.1) is 5.60 Å². The fraction of sp³-hybridized carbons (Fsp3) is 1.00. The van der Waals surface area contributed by atoms with Gasteiger partial charge in [0.25, 0.3) is 0 Å². The molecule has 3 atom stereocenters. The standard InChI is InChI=1S/C18H33NOS/c1-2-19-17(12-15-6-4-3-5-7-15)16-8-10-20-18(13-16)9-11-21-14-18/h15-17,19H,2-14H2,1H3. The van der Waals surface area contributed by atoms with Crippen LogP contribution in [0, 0.1) is 11.8 Å². The van der Waals surface area contributed by atoms with Crippen LogP contribution in [0.5, 0.6) is 0 Å². The molecule has 2 heterocycles. The second-order valence-electron chi connectivity index (χ2n) is 7.49. The van der Waals surface area contributed by atoms with Crippen LogP contribution in [-0.2, 0) is 4.74 Å². The number of rotatable bonds is 5. The average Bonchev–Trinajstić information content (AvgIpc) is 2.96. The summed E-state index contributed by atoms with van der Waals surface area (Å²) in [7, 11) is 0. The average molecular weight is 312 g/mol. The monoisotopic (exact) mass is 311 g/mol. The first-order valence-corrected chi connectivity index (χ1v) is 10.4. The van der Waals surface area contributed by atoms with Gasteiger partial charge in [-0.3, -0.25) is 0 Å². The summed E-state index contributed by atoms with van der Waals surface area (Å²) in [5.41, 5.74) is 0.244. The minimum absolute atomic E-state index is 0.244. The molecule has 1 saturated carbocycles. The summed E-state index contributed by atoms with van der Waals surface area (Å²) >= 11 is 2.10. The molecule has 3 aliphatic rings. The van der Waals surface area contributed by atoms with Gasteiger partial charge in [-0.05, 0) is 49.8 Å². The van der Waals surface area contributed by atoms with Crippen LogP contribution in [0.25, 0.3) is 0 Å². The number of ether oxygens (including phenoxy) is 1. The summed E-state index contributed by atoms with van der Waals surface area (Å²) in [6.45, 7) is 4.39. The lowest BCUT2D eigenvalue weighted by Crippen LogP contribution is -2.47. The van der Waals surface area contributed by atoms with Gasteiger partial charge in [-0.1, -0.05) is 39.0 Å². The highest BCUT2D eigenvalue weighted by Crippen LogP contribution is 2.42. The molecular weight excluding hydrogens is 278 g/mol. The minimum Gasteiger partial charge on any atom is -0.374 e. The van der Waals surface area contributed by atoms with E-state index in [2.05, 4.69) is 24.0 Å². The van der Waals surface area contributed by atoms with Gasteiger partial charge in [-0.15, -0.1) is 0 Å². The normalized spacial score (nSPS) is 36.1. The smallest absolute Gasteiger partial charge is 0.0783 e. The molecule has 3 heteroatoms. The lowest BCUT2D eigenvalue weighted by atomic mass is 9.76. The van der Waals surface area contributed by atoms with Crippen molar-refractivity contribution in [1.29, 1.82) is 0 Å². The Hall–Kier alpha value is 0.270. The van der Waals surface area contributed by atoms with Crippen molar-refractivity contribution in [3.05, 3.63) is 0 Å². The van der Waals surface area contributed by atoms with Crippen LogP contribution in [0.1, 0.15) is 64.7 Å². The maximum Gasteiger partial charge on any atom is 0.0783 e. The highest BCUT2D eigenvalue weighted by atomic mass is 32.2. The number of nitrogens with one attached hydrogen (secondary N) is 1. The van der Waals surface area contributed by atoms with Gasteiger partial charge in [0.15, 0.2) is 0 Å². The molecule has 2 aliphatic heterocycles. The van der Waals surface area contributed by atoms with Gasteiger partial charge in [-0.25, -0.2) is 0 Å². The summed E-state index contributed by atoms with van der Waals surface area (Å²) in [5.74, 6) is 4.38. The van der Waals surface area contributed by atoms with Crippen molar-refractivity contribution >= 4 is 11.8 Å². The third-order valence-corrected chi connectivity index (χ3v) is 7.17. The maximum absolute atomic E-state index is 6.23. The van der Waals surface area contributed by atoms with Crippen molar-refractivity contribution in [3.63, 3.8) is 0 Å². The molecule has 21 heavy (non-hydrogen) atoms. The fourth-order valence-corrected chi connectivity index (χ4v) is 6.14. The summed E-state index contributed by atoms with van der Waals surface area (Å²) < 4.78 is 6.23. The van der Waals surface area contributed by atoms with Crippen LogP contribution in [0.2, 0.25) is 0 Å². The maximum atomic E-state index is 6.23. The predicted octanol–water partition coefficient (Wildman–Crippen LogP) is 4.24. The Balaban J connectivity index is 1.59. The molecule has 0 amide bonds. The third kappa shape index (κ3) is 4.17. The van der Waals surface area contributed by atoms with E-state index in [-0.39, 0.29) is 5.60 Å². The second-order valence-corrected chi connectivity index (χ2v) is 8.60. The van der Waals surface area contributed by atoms with Crippen molar-refractivity contribution in [1.82, 2.24) is 5.32 Å². The molecule has 1 spiro atoms. The van der Waals surface area contributed by atoms with E-state index in [1.165, 1.54) is 69.3 Å². The SMILES string of the molecule is CCNC(CC1CCCCC1)C1CCOC2(CCSC2)C1. The van der Waals surface area contributed by atoms with Crippen LogP contribution in [0.15, 0.2) is 0 Å². The van der Waals surface area contributed by atoms with Gasteiger partial charge >= 0.3 is 0 Å². The number of thioether (sulfide) groups is 1. The molecule has 0 aromatic heterocycles. The van der Waals surface area contributed by atoms with E-state index in [0.717, 1.165) is 31.0 Å². The van der Waals surface area contributed by atoms with Gasteiger partial charge < -0.3 is 10.1 Å². The van der Waals surface area contributed by atoms with Crippen molar-refractivity contribution in [3.8, 4) is 0 Å². The zero-order valence-corrected chi connectivity index (χ0v) is 14.6. The molecule has 122 valence electrons. The lowest BCUT2D eigenvalue weighted by Gasteiger charge is -2.42. The molecule has 2 nitrogen and oxygen atoms in total. The quantitative estimate of drug-likeness (QED) is 0.820. The van der Waals surface area contributed by atoms with Crippen molar-refractivity contribution in [2.45, 2.75) is 76.4 Å². The Morgan fingerprint density at radius 2 is 2.10 bits per heavy atom. The van der Waals surface area contributed by atoms with E-state index in [1.807, 2.05) is 0 Å². The van der Waals surface area contributed by atoms with Crippen LogP contribution in [-0.4, -0.2) is 36.3 Å². The topological polar surface area (TPSA) is 21.3 Å². The fourth-order valence-electron chi connectivity index (χ4n) is 4.76. The molecule has 3 rings (SSSR count). The highest BCUT2D eigenvalue weighted by molar-refractivity contribution is 7.99. The predicted molar refractivity (Wildman–Crippen MR) is 92.0 cm³/mol. The van der Waals surface area contributed by atoms with E-state index in [9.17, 15) is 0 Å². The van der Waals surface area contributed by atoms with Gasteiger partial charge in [0.2, 0.25) is 0 Å². The zero-order chi connectivity index (χ0) is 14.5. The molecule has 1 aliphatic carbocycles. The molecule has 1 N–H and O–H groups in total. The Bertz CT molecular complexity index is 310. The molecular formula is C18H33NOS. The van der Waals surface area contributed by atoms with E-state index in [4.69, 9.17) is 4.74 Å². The summed E-state index contributed by atoms with van der Waals surface area (Å²) in [5, 5.41) is 3.84. The summed E-state index contributed by atoms with van der Waals surface area (Å²) in [4.78, 5) is 0. The Labute approximate surface area is 135 Å². The van der Waals surface area contributed by atoms with E-state index >= 15 is 0 Å². The van der Waals surface area contributed by atoms with Crippen LogP contribution >= 0.6 is 11.8 Å². The van der Waals surface area contributed by atoms with Crippen LogP contribution < -0.4 is 5.32 Å². The number of hydrogen-bond donors (Lipinski definition) is 1. The minimum atomic E-state index is 0.244. The van der Waals surface area contributed by atoms with E-state index in [0.29, 0.717) is 0 Å². The molecule has 0 aromatic rings. The molecule has 2 saturated heterocycles. The first-order chi connectivity index (χ1) is 10.3. The van der Waals surface area contributed by atoms with E-state index in [1.54, 1.807) is 0 Å². The Morgan fingerprint density at radius 1 is 1.24 bits per heavy atom. The molecule has 0 radical (unpaired) electrons. The van der Waals surface area contributed by atoms with E-state index < -0.39 is 0 Å². The molecule has 3 unspecified atom stereocenters. The van der Waals surface area contributed by atoms with Crippen molar-refractivity contribution in [2.24, 2.45) is 11.8 Å². The second kappa shape index (κ2) is 7.70. The Kier molecular flexibility index (Phi) is 5.92. The van der Waals surface area contributed by atoms with Crippen molar-refractivity contribution < 1.29 is 4.74 Å². The molecule has 0 bridgehead atoms. The van der Waals surface area contributed by atoms with Gasteiger partial charge in [-0.2, -0.15) is 11.8 Å². The summed E-state index contributed by atoms with van der Waals surface area (Å²) in [6.07, 6.45) is 12.7. The van der Waals surface area contributed by atoms with Gasteiger partial charge in [0, 0.05) is 18.4 Å². The summed E-state index contributed by atoms with van der Waals surface area (Å²) in [6, 6.07) is 0.740. The number of hydrogen-bond acceptors (Lipinski definition) is 3. The first-order valence-electron chi connectivity index (χ1n) is 9.26. The molecule has 0 aromatic carbocycles. The Morgan fingerprint density at radius 3 is 2.81 bits per heavy atom. The van der Waals surface area contributed by atoms with Crippen molar-refractivity contribution in [2.75, 3.05) is 24.7 Å². The molecule has 3 fully saturated rings. The van der Waals surface area contributed by atoms with Gasteiger partial charge in [0.1, 0.15) is 0 Å².